The SMILES string of the molecule is C=C[C@H]1CN2CC[C@H]1C[C@H]2[C@H](O)c1ccnc2ccc(OC)cc12.O=[N+]([O-])c1cc([N+](=O)[O-])c(O)c([N+](=O)[O-])c1O. The summed E-state index contributed by atoms with van der Waals surface area (Å²) in [7, 11) is 1.66. The topological polar surface area (TPSA) is 215 Å². The van der Waals surface area contributed by atoms with Crippen LogP contribution in [0, 0.1) is 42.2 Å². The lowest BCUT2D eigenvalue weighted by atomic mass is 9.73. The van der Waals surface area contributed by atoms with E-state index in [9.17, 15) is 35.4 Å². The highest BCUT2D eigenvalue weighted by molar-refractivity contribution is 5.84. The Morgan fingerprint density at radius 3 is 2.24 bits per heavy atom. The van der Waals surface area contributed by atoms with Crippen LogP contribution in [0.5, 0.6) is 17.2 Å². The molecule has 2 aromatic carbocycles. The van der Waals surface area contributed by atoms with Crippen LogP contribution in [0.4, 0.5) is 17.1 Å². The number of pyridine rings is 1. The van der Waals surface area contributed by atoms with Crippen LogP contribution in [0.1, 0.15) is 24.5 Å². The molecule has 3 fully saturated rings. The number of hydrogen-bond acceptors (Lipinski definition) is 12. The molecule has 6 rings (SSSR count). The van der Waals surface area contributed by atoms with Crippen LogP contribution in [0.15, 0.2) is 49.2 Å². The van der Waals surface area contributed by atoms with Crippen molar-refractivity contribution < 1.29 is 34.8 Å². The monoisotopic (exact) mass is 569 g/mol. The highest BCUT2D eigenvalue weighted by Crippen LogP contribution is 2.47. The lowest BCUT2D eigenvalue weighted by Crippen LogP contribution is -2.54. The predicted octanol–water partition coefficient (Wildman–Crippen LogP) is 4.00. The Morgan fingerprint density at radius 2 is 1.73 bits per heavy atom. The number of benzene rings is 2. The number of piperidine rings is 3. The summed E-state index contributed by atoms with van der Waals surface area (Å²) >= 11 is 0. The third kappa shape index (κ3) is 5.57. The maximum absolute atomic E-state index is 11.2. The van der Waals surface area contributed by atoms with Gasteiger partial charge in [-0.2, -0.15) is 0 Å². The molecule has 3 saturated heterocycles. The van der Waals surface area contributed by atoms with E-state index in [1.165, 1.54) is 6.42 Å². The Labute approximate surface area is 232 Å². The van der Waals surface area contributed by atoms with Gasteiger partial charge < -0.3 is 20.1 Å². The Morgan fingerprint density at radius 1 is 1.07 bits per heavy atom. The second kappa shape index (κ2) is 11.7. The van der Waals surface area contributed by atoms with Gasteiger partial charge in [0.25, 0.3) is 11.5 Å². The molecule has 15 heteroatoms. The number of aliphatic hydroxyl groups is 1. The lowest BCUT2D eigenvalue weighted by molar-refractivity contribution is -0.405. The van der Waals surface area contributed by atoms with E-state index in [4.69, 9.17) is 14.9 Å². The number of nitro benzene ring substituents is 3. The van der Waals surface area contributed by atoms with Gasteiger partial charge in [0.2, 0.25) is 0 Å². The fraction of sp³-hybridized carbons (Fsp3) is 0.346. The fourth-order valence-corrected chi connectivity index (χ4v) is 5.52. The largest absolute Gasteiger partial charge is 0.497 e. The van der Waals surface area contributed by atoms with Crippen molar-refractivity contribution in [3.63, 3.8) is 0 Å². The van der Waals surface area contributed by atoms with E-state index in [2.05, 4.69) is 22.5 Å². The molecule has 3 aliphatic heterocycles. The van der Waals surface area contributed by atoms with E-state index < -0.39 is 49.4 Å². The van der Waals surface area contributed by atoms with E-state index >= 15 is 0 Å². The number of aromatic hydroxyl groups is 2. The average molecular weight is 570 g/mol. The Bertz CT molecular complexity index is 1490. The van der Waals surface area contributed by atoms with E-state index in [-0.39, 0.29) is 12.1 Å². The highest BCUT2D eigenvalue weighted by atomic mass is 16.6. The molecule has 0 amide bonds. The second-order valence-electron chi connectivity index (χ2n) is 9.71. The molecular formula is C26H27N5O10. The van der Waals surface area contributed by atoms with Crippen LogP contribution in [0.3, 0.4) is 0 Å². The van der Waals surface area contributed by atoms with Gasteiger partial charge in [0, 0.05) is 24.2 Å². The zero-order valence-corrected chi connectivity index (χ0v) is 21.8. The van der Waals surface area contributed by atoms with Crippen LogP contribution >= 0.6 is 0 Å². The molecule has 15 nitrogen and oxygen atoms in total. The molecule has 5 atom stereocenters. The average Bonchev–Trinajstić information content (AvgIpc) is 2.96. The molecule has 1 aromatic heterocycles. The molecule has 216 valence electrons. The van der Waals surface area contributed by atoms with Gasteiger partial charge >= 0.3 is 17.1 Å². The Balaban J connectivity index is 0.000000202. The predicted molar refractivity (Wildman–Crippen MR) is 145 cm³/mol. The first-order chi connectivity index (χ1) is 19.5. The minimum atomic E-state index is -1.48. The smallest absolute Gasteiger partial charge is 0.366 e. The number of rotatable bonds is 7. The van der Waals surface area contributed by atoms with Crippen LogP contribution in [0.25, 0.3) is 10.9 Å². The summed E-state index contributed by atoms with van der Waals surface area (Å²) in [4.78, 5) is 34.3. The van der Waals surface area contributed by atoms with E-state index in [1.807, 2.05) is 24.3 Å². The number of phenolic OH excluding ortho intramolecular Hbond substituents is 2. The number of phenols is 2. The fourth-order valence-electron chi connectivity index (χ4n) is 5.52. The van der Waals surface area contributed by atoms with Gasteiger partial charge in [0.15, 0.2) is 0 Å². The standard InChI is InChI=1S/C20H24N2O2.C6H3N3O8/c1-3-13-12-22-9-7-14(13)10-19(22)20(23)16-6-8-21-18-5-4-15(24-2)11-17(16)18;10-5-2(7(12)13)1-3(8(14)15)6(11)4(5)9(16)17/h3-6,8,11,13-14,19-20,23H,1,7,9-10,12H2,2H3;1,10-11H/t13-,14-,19-,20+;/m0./s1. The first kappa shape index (κ1) is 29.1. The summed E-state index contributed by atoms with van der Waals surface area (Å²) in [5.74, 6) is -0.876. The number of fused-ring (bicyclic) bond motifs is 4. The Hall–Kier alpha value is -4.89. The number of hydrogen-bond donors (Lipinski definition) is 3. The maximum Gasteiger partial charge on any atom is 0.366 e. The molecule has 0 radical (unpaired) electrons. The summed E-state index contributed by atoms with van der Waals surface area (Å²) in [6, 6.07) is 8.19. The molecule has 4 heterocycles. The van der Waals surface area contributed by atoms with Crippen LogP contribution in [0.2, 0.25) is 0 Å². The first-order valence-corrected chi connectivity index (χ1v) is 12.5. The molecule has 3 N–H and O–H groups in total. The maximum atomic E-state index is 11.2. The number of nitrogens with zero attached hydrogens (tertiary/aromatic N) is 5. The lowest BCUT2D eigenvalue weighted by Gasteiger charge is -2.50. The minimum Gasteiger partial charge on any atom is -0.497 e. The molecule has 1 unspecified atom stereocenters. The zero-order chi connectivity index (χ0) is 30.0. The number of nitro groups is 3. The van der Waals surface area contributed by atoms with Crippen molar-refractivity contribution in [2.24, 2.45) is 11.8 Å². The van der Waals surface area contributed by atoms with Crippen molar-refractivity contribution in [1.29, 1.82) is 0 Å². The van der Waals surface area contributed by atoms with Gasteiger partial charge in [0.1, 0.15) is 11.8 Å². The molecule has 2 bridgehead atoms. The number of ether oxygens (including phenoxy) is 1. The third-order valence-corrected chi connectivity index (χ3v) is 7.60. The van der Waals surface area contributed by atoms with Crippen molar-refractivity contribution in [2.45, 2.75) is 25.0 Å². The van der Waals surface area contributed by atoms with Gasteiger partial charge in [-0.05, 0) is 61.1 Å². The van der Waals surface area contributed by atoms with Crippen molar-refractivity contribution in [3.8, 4) is 17.2 Å². The van der Waals surface area contributed by atoms with Crippen LogP contribution in [-0.4, -0.2) is 66.2 Å². The number of aromatic nitrogens is 1. The van der Waals surface area contributed by atoms with Gasteiger partial charge in [-0.1, -0.05) is 6.08 Å². The summed E-state index contributed by atoms with van der Waals surface area (Å²) < 4.78 is 5.35. The van der Waals surface area contributed by atoms with E-state index in [0.29, 0.717) is 11.8 Å². The summed E-state index contributed by atoms with van der Waals surface area (Å²) in [5, 5.41) is 61.7. The number of methoxy groups -OCH3 is 1. The molecule has 0 spiro atoms. The van der Waals surface area contributed by atoms with E-state index in [1.54, 1.807) is 13.3 Å². The first-order valence-electron chi connectivity index (χ1n) is 12.5. The highest BCUT2D eigenvalue weighted by Gasteiger charge is 2.42. The minimum absolute atomic E-state index is 0.178. The summed E-state index contributed by atoms with van der Waals surface area (Å²) in [6.45, 7) is 6.07. The van der Waals surface area contributed by atoms with Crippen LogP contribution in [-0.2, 0) is 0 Å². The van der Waals surface area contributed by atoms with Crippen molar-refractivity contribution >= 4 is 28.0 Å². The normalized spacial score (nSPS) is 21.8. The number of aliphatic hydroxyl groups excluding tert-OH is 1. The molecule has 0 aliphatic carbocycles. The summed E-state index contributed by atoms with van der Waals surface area (Å²) in [5.41, 5.74) is -2.10. The molecular weight excluding hydrogens is 542 g/mol. The van der Waals surface area contributed by atoms with E-state index in [0.717, 1.165) is 41.7 Å². The molecule has 3 aliphatic rings. The zero-order valence-electron chi connectivity index (χ0n) is 21.8. The quantitative estimate of drug-likeness (QED) is 0.209. The van der Waals surface area contributed by atoms with Gasteiger partial charge in [0.05, 0.1) is 33.5 Å². The summed E-state index contributed by atoms with van der Waals surface area (Å²) in [6.07, 6.45) is 5.62. The molecule has 3 aromatic rings. The second-order valence-corrected chi connectivity index (χ2v) is 9.71. The van der Waals surface area contributed by atoms with Crippen LogP contribution < -0.4 is 4.74 Å². The molecule has 0 saturated carbocycles. The van der Waals surface area contributed by atoms with Gasteiger partial charge in [-0.25, -0.2) is 0 Å². The van der Waals surface area contributed by atoms with Gasteiger partial charge in [-0.3, -0.25) is 40.2 Å². The van der Waals surface area contributed by atoms with Gasteiger partial charge in [-0.15, -0.1) is 6.58 Å². The Kier molecular flexibility index (Phi) is 8.30. The third-order valence-electron chi connectivity index (χ3n) is 7.60. The van der Waals surface area contributed by atoms with Crippen molar-refractivity contribution in [3.05, 3.63) is 85.1 Å². The van der Waals surface area contributed by atoms with Crippen molar-refractivity contribution in [1.82, 2.24) is 9.88 Å². The van der Waals surface area contributed by atoms with Crippen molar-refractivity contribution in [2.75, 3.05) is 20.2 Å². The molecule has 41 heavy (non-hydrogen) atoms.